The van der Waals surface area contributed by atoms with Crippen LogP contribution in [0.3, 0.4) is 0 Å². The molecule has 0 aliphatic rings. The molecule has 0 saturated heterocycles. The zero-order valence-electron chi connectivity index (χ0n) is 10.2. The topological polar surface area (TPSA) is 37.0 Å². The monoisotopic (exact) mass is 264 g/mol. The first-order valence-electron chi connectivity index (χ1n) is 6.00. The Bertz CT molecular complexity index is 521. The molecular formula is C14H17ClN2O. The van der Waals surface area contributed by atoms with Gasteiger partial charge in [-0.05, 0) is 30.7 Å². The maximum atomic E-state index is 5.95. The van der Waals surface area contributed by atoms with Crippen LogP contribution in [0.4, 0.5) is 0 Å². The number of aromatic amines is 1. The Labute approximate surface area is 112 Å². The standard InChI is InChI=1S/C14H17ClN2O/c1-2-18-7-3-6-16-9-11-10-17-14-8-12(15)4-5-13(11)14/h2,4-5,8,10,16-17H,1,3,6-7,9H2. The van der Waals surface area contributed by atoms with Crippen molar-refractivity contribution in [2.75, 3.05) is 13.2 Å². The minimum absolute atomic E-state index is 0.708. The van der Waals surface area contributed by atoms with E-state index in [4.69, 9.17) is 16.3 Å². The molecular weight excluding hydrogens is 248 g/mol. The van der Waals surface area contributed by atoms with Crippen LogP contribution in [0.5, 0.6) is 0 Å². The van der Waals surface area contributed by atoms with Crippen LogP contribution in [0.2, 0.25) is 5.02 Å². The van der Waals surface area contributed by atoms with Crippen LogP contribution in [-0.4, -0.2) is 18.1 Å². The molecule has 0 spiro atoms. The molecule has 0 aliphatic heterocycles. The fourth-order valence-corrected chi connectivity index (χ4v) is 2.06. The van der Waals surface area contributed by atoms with Gasteiger partial charge in [-0.3, -0.25) is 0 Å². The van der Waals surface area contributed by atoms with E-state index in [0.717, 1.165) is 30.0 Å². The molecule has 18 heavy (non-hydrogen) atoms. The Morgan fingerprint density at radius 2 is 2.33 bits per heavy atom. The molecule has 3 nitrogen and oxygen atoms in total. The number of fused-ring (bicyclic) bond motifs is 1. The molecule has 0 atom stereocenters. The lowest BCUT2D eigenvalue weighted by atomic mass is 10.2. The fourth-order valence-electron chi connectivity index (χ4n) is 1.89. The minimum atomic E-state index is 0.708. The Morgan fingerprint density at radius 1 is 1.44 bits per heavy atom. The quantitative estimate of drug-likeness (QED) is 0.594. The van der Waals surface area contributed by atoms with Crippen molar-refractivity contribution in [3.8, 4) is 0 Å². The van der Waals surface area contributed by atoms with Gasteiger partial charge in [0.05, 0.1) is 12.9 Å². The molecule has 0 saturated carbocycles. The summed E-state index contributed by atoms with van der Waals surface area (Å²) in [7, 11) is 0. The number of H-pyrrole nitrogens is 1. The SMILES string of the molecule is C=COCCCNCc1c[nH]c2cc(Cl)ccc12. The Hall–Kier alpha value is -1.45. The molecule has 0 unspecified atom stereocenters. The Kier molecular flexibility index (Phi) is 4.67. The molecule has 1 heterocycles. The van der Waals surface area contributed by atoms with Gasteiger partial charge in [-0.2, -0.15) is 0 Å². The number of nitrogens with one attached hydrogen (secondary N) is 2. The largest absolute Gasteiger partial charge is 0.502 e. The maximum absolute atomic E-state index is 5.95. The second-order valence-corrected chi connectivity index (χ2v) is 4.51. The first-order chi connectivity index (χ1) is 8.81. The van der Waals surface area contributed by atoms with Crippen molar-refractivity contribution >= 4 is 22.5 Å². The van der Waals surface area contributed by atoms with Crippen molar-refractivity contribution in [3.05, 3.63) is 47.8 Å². The number of hydrogen-bond acceptors (Lipinski definition) is 2. The summed E-state index contributed by atoms with van der Waals surface area (Å²) >= 11 is 5.95. The van der Waals surface area contributed by atoms with Gasteiger partial charge in [-0.15, -0.1) is 0 Å². The maximum Gasteiger partial charge on any atom is 0.0885 e. The van der Waals surface area contributed by atoms with E-state index in [0.29, 0.717) is 6.61 Å². The van der Waals surface area contributed by atoms with E-state index in [1.807, 2.05) is 24.4 Å². The van der Waals surface area contributed by atoms with Gasteiger partial charge in [0.1, 0.15) is 0 Å². The summed E-state index contributed by atoms with van der Waals surface area (Å²) in [6.07, 6.45) is 4.47. The average molecular weight is 265 g/mol. The summed E-state index contributed by atoms with van der Waals surface area (Å²) in [4.78, 5) is 3.23. The lowest BCUT2D eigenvalue weighted by Crippen LogP contribution is -2.15. The Morgan fingerprint density at radius 3 is 3.17 bits per heavy atom. The molecule has 4 heteroatoms. The van der Waals surface area contributed by atoms with Gasteiger partial charge < -0.3 is 15.0 Å². The predicted octanol–water partition coefficient (Wildman–Crippen LogP) is 3.46. The minimum Gasteiger partial charge on any atom is -0.502 e. The summed E-state index contributed by atoms with van der Waals surface area (Å²) < 4.78 is 5.06. The van der Waals surface area contributed by atoms with Crippen LogP contribution in [0.1, 0.15) is 12.0 Å². The van der Waals surface area contributed by atoms with Crippen LogP contribution in [0.15, 0.2) is 37.2 Å². The second-order valence-electron chi connectivity index (χ2n) is 4.07. The molecule has 2 rings (SSSR count). The van der Waals surface area contributed by atoms with E-state index in [1.165, 1.54) is 17.2 Å². The van der Waals surface area contributed by atoms with Crippen LogP contribution in [-0.2, 0) is 11.3 Å². The van der Waals surface area contributed by atoms with Crippen molar-refractivity contribution in [3.63, 3.8) is 0 Å². The number of halogens is 1. The van der Waals surface area contributed by atoms with Crippen molar-refractivity contribution in [2.24, 2.45) is 0 Å². The number of hydrogen-bond donors (Lipinski definition) is 2. The van der Waals surface area contributed by atoms with Gasteiger partial charge in [0, 0.05) is 28.7 Å². The first-order valence-corrected chi connectivity index (χ1v) is 6.38. The van der Waals surface area contributed by atoms with Crippen LogP contribution < -0.4 is 5.32 Å². The molecule has 0 fully saturated rings. The van der Waals surface area contributed by atoms with E-state index < -0.39 is 0 Å². The Balaban J connectivity index is 1.86. The third kappa shape index (κ3) is 3.28. The molecule has 0 amide bonds. The molecule has 96 valence electrons. The van der Waals surface area contributed by atoms with Crippen LogP contribution in [0, 0.1) is 0 Å². The third-order valence-electron chi connectivity index (χ3n) is 2.78. The third-order valence-corrected chi connectivity index (χ3v) is 3.01. The van der Waals surface area contributed by atoms with Gasteiger partial charge in [-0.1, -0.05) is 24.2 Å². The second kappa shape index (κ2) is 6.47. The van der Waals surface area contributed by atoms with Crippen molar-refractivity contribution < 1.29 is 4.74 Å². The zero-order chi connectivity index (χ0) is 12.8. The lowest BCUT2D eigenvalue weighted by molar-refractivity contribution is 0.244. The lowest BCUT2D eigenvalue weighted by Gasteiger charge is -2.04. The molecule has 0 bridgehead atoms. The van der Waals surface area contributed by atoms with Crippen molar-refractivity contribution in [1.82, 2.24) is 10.3 Å². The summed E-state index contributed by atoms with van der Waals surface area (Å²) in [5, 5.41) is 5.36. The van der Waals surface area contributed by atoms with E-state index in [1.54, 1.807) is 0 Å². The van der Waals surface area contributed by atoms with Gasteiger partial charge in [0.2, 0.25) is 0 Å². The highest BCUT2D eigenvalue weighted by molar-refractivity contribution is 6.31. The fraction of sp³-hybridized carbons (Fsp3) is 0.286. The van der Waals surface area contributed by atoms with Crippen LogP contribution in [0.25, 0.3) is 10.9 Å². The van der Waals surface area contributed by atoms with E-state index in [2.05, 4.69) is 16.9 Å². The zero-order valence-corrected chi connectivity index (χ0v) is 11.0. The molecule has 0 aliphatic carbocycles. The highest BCUT2D eigenvalue weighted by Crippen LogP contribution is 2.21. The van der Waals surface area contributed by atoms with Gasteiger partial charge in [0.15, 0.2) is 0 Å². The van der Waals surface area contributed by atoms with Crippen molar-refractivity contribution in [1.29, 1.82) is 0 Å². The van der Waals surface area contributed by atoms with E-state index in [9.17, 15) is 0 Å². The number of ether oxygens (including phenoxy) is 1. The highest BCUT2D eigenvalue weighted by atomic mass is 35.5. The van der Waals surface area contributed by atoms with Gasteiger partial charge in [-0.25, -0.2) is 0 Å². The number of rotatable bonds is 7. The molecule has 0 radical (unpaired) electrons. The summed E-state index contributed by atoms with van der Waals surface area (Å²) in [6, 6.07) is 5.91. The van der Waals surface area contributed by atoms with Crippen LogP contribution >= 0.6 is 11.6 Å². The van der Waals surface area contributed by atoms with E-state index in [-0.39, 0.29) is 0 Å². The molecule has 1 aromatic carbocycles. The first kappa shape index (κ1) is 13.0. The number of aromatic nitrogens is 1. The van der Waals surface area contributed by atoms with Gasteiger partial charge in [0.25, 0.3) is 0 Å². The predicted molar refractivity (Wildman–Crippen MR) is 75.8 cm³/mol. The van der Waals surface area contributed by atoms with Crippen molar-refractivity contribution in [2.45, 2.75) is 13.0 Å². The normalized spacial score (nSPS) is 10.7. The summed E-state index contributed by atoms with van der Waals surface area (Å²) in [5.41, 5.74) is 2.33. The van der Waals surface area contributed by atoms with Gasteiger partial charge >= 0.3 is 0 Å². The molecule has 1 aromatic heterocycles. The summed E-state index contributed by atoms with van der Waals surface area (Å²) in [6.45, 7) is 5.98. The molecule has 2 N–H and O–H groups in total. The smallest absolute Gasteiger partial charge is 0.0885 e. The molecule has 2 aromatic rings. The van der Waals surface area contributed by atoms with E-state index >= 15 is 0 Å². The average Bonchev–Trinajstić information content (AvgIpc) is 2.76. The number of benzene rings is 1. The summed E-state index contributed by atoms with van der Waals surface area (Å²) in [5.74, 6) is 0. The highest BCUT2D eigenvalue weighted by Gasteiger charge is 2.03.